The Morgan fingerprint density at radius 3 is 2.88 bits per heavy atom. The second kappa shape index (κ2) is 4.29. The Labute approximate surface area is 102 Å². The number of carbonyl (C=O) groups excluding carboxylic acids is 1. The minimum Gasteiger partial charge on any atom is -0.385 e. The van der Waals surface area contributed by atoms with Crippen molar-refractivity contribution in [3.63, 3.8) is 0 Å². The van der Waals surface area contributed by atoms with Crippen LogP contribution in [0.25, 0.3) is 0 Å². The molecule has 0 aromatic rings. The standard InChI is InChI=1S/C12H21N3O2/c1-8(2)15-11(16)14-10(13)12(15)6-4-5-9(7-12)17-3/h8-9H,4-7H2,1-3H3,(H2,13,14,16). The maximum absolute atomic E-state index is 11.9. The van der Waals surface area contributed by atoms with Crippen LogP contribution in [0.1, 0.15) is 39.5 Å². The number of hydrogen-bond donors (Lipinski definition) is 1. The van der Waals surface area contributed by atoms with Gasteiger partial charge in [0.1, 0.15) is 11.4 Å². The lowest BCUT2D eigenvalue weighted by molar-refractivity contribution is 0.0157. The maximum Gasteiger partial charge on any atom is 0.346 e. The summed E-state index contributed by atoms with van der Waals surface area (Å²) in [5, 5.41) is 0. The Balaban J connectivity index is 2.32. The quantitative estimate of drug-likeness (QED) is 0.794. The van der Waals surface area contributed by atoms with Gasteiger partial charge in [0.25, 0.3) is 0 Å². The molecule has 96 valence electrons. The summed E-state index contributed by atoms with van der Waals surface area (Å²) in [5.74, 6) is 0.470. The molecule has 1 saturated carbocycles. The van der Waals surface area contributed by atoms with Crippen molar-refractivity contribution in [1.29, 1.82) is 0 Å². The summed E-state index contributed by atoms with van der Waals surface area (Å²) >= 11 is 0. The van der Waals surface area contributed by atoms with Gasteiger partial charge in [-0.05, 0) is 33.1 Å². The van der Waals surface area contributed by atoms with E-state index in [1.807, 2.05) is 18.7 Å². The molecule has 2 N–H and O–H groups in total. The van der Waals surface area contributed by atoms with E-state index < -0.39 is 5.54 Å². The number of hydrogen-bond acceptors (Lipinski definition) is 3. The fraction of sp³-hybridized carbons (Fsp3) is 0.833. The third-order valence-electron chi connectivity index (χ3n) is 3.89. The smallest absolute Gasteiger partial charge is 0.346 e. The summed E-state index contributed by atoms with van der Waals surface area (Å²) < 4.78 is 5.44. The average molecular weight is 239 g/mol. The highest BCUT2D eigenvalue weighted by Crippen LogP contribution is 2.39. The first kappa shape index (κ1) is 12.4. The van der Waals surface area contributed by atoms with Crippen LogP contribution >= 0.6 is 0 Å². The number of methoxy groups -OCH3 is 1. The average Bonchev–Trinajstić information content (AvgIpc) is 2.50. The number of amidine groups is 1. The van der Waals surface area contributed by atoms with Crippen LogP contribution in [0.3, 0.4) is 0 Å². The van der Waals surface area contributed by atoms with Crippen LogP contribution in [0.15, 0.2) is 4.99 Å². The molecule has 2 aliphatic rings. The summed E-state index contributed by atoms with van der Waals surface area (Å²) in [6.45, 7) is 4.01. The minimum atomic E-state index is -0.399. The summed E-state index contributed by atoms with van der Waals surface area (Å²) in [4.78, 5) is 17.7. The molecule has 17 heavy (non-hydrogen) atoms. The number of nitrogens with zero attached hydrogens (tertiary/aromatic N) is 2. The fourth-order valence-corrected chi connectivity index (χ4v) is 3.14. The van der Waals surface area contributed by atoms with Crippen molar-refractivity contribution < 1.29 is 9.53 Å². The van der Waals surface area contributed by atoms with E-state index in [4.69, 9.17) is 10.5 Å². The molecule has 5 heteroatoms. The van der Waals surface area contributed by atoms with Crippen LogP contribution in [0.2, 0.25) is 0 Å². The molecule has 2 amide bonds. The zero-order valence-electron chi connectivity index (χ0n) is 10.8. The van der Waals surface area contributed by atoms with Crippen LogP contribution in [-0.4, -0.2) is 41.6 Å². The first-order valence-electron chi connectivity index (χ1n) is 6.22. The van der Waals surface area contributed by atoms with Crippen LogP contribution in [0.5, 0.6) is 0 Å². The van der Waals surface area contributed by atoms with Gasteiger partial charge in [-0.15, -0.1) is 0 Å². The first-order chi connectivity index (χ1) is 8.01. The number of rotatable bonds is 2. The van der Waals surface area contributed by atoms with Gasteiger partial charge < -0.3 is 15.4 Å². The van der Waals surface area contributed by atoms with Gasteiger partial charge in [0.05, 0.1) is 6.10 Å². The van der Waals surface area contributed by atoms with E-state index in [2.05, 4.69) is 4.99 Å². The number of carbonyl (C=O) groups is 1. The molecule has 0 aromatic carbocycles. The number of ether oxygens (including phenoxy) is 1. The fourth-order valence-electron chi connectivity index (χ4n) is 3.14. The summed E-state index contributed by atoms with van der Waals surface area (Å²) in [6.07, 6.45) is 3.89. The molecule has 1 spiro atoms. The summed E-state index contributed by atoms with van der Waals surface area (Å²) in [5.41, 5.74) is 5.61. The van der Waals surface area contributed by atoms with E-state index in [-0.39, 0.29) is 18.2 Å². The molecule has 2 unspecified atom stereocenters. The third-order valence-corrected chi connectivity index (χ3v) is 3.89. The zero-order chi connectivity index (χ0) is 12.6. The van der Waals surface area contributed by atoms with Crippen LogP contribution in [0.4, 0.5) is 4.79 Å². The summed E-state index contributed by atoms with van der Waals surface area (Å²) in [6, 6.07) is -0.0860. The van der Waals surface area contributed by atoms with Crippen molar-refractivity contribution in [2.24, 2.45) is 10.7 Å². The zero-order valence-corrected chi connectivity index (χ0v) is 10.8. The van der Waals surface area contributed by atoms with Gasteiger partial charge in [-0.3, -0.25) is 0 Å². The second-order valence-electron chi connectivity index (χ2n) is 5.23. The largest absolute Gasteiger partial charge is 0.385 e. The summed E-state index contributed by atoms with van der Waals surface area (Å²) in [7, 11) is 1.72. The van der Waals surface area contributed by atoms with Gasteiger partial charge in [-0.1, -0.05) is 0 Å². The van der Waals surface area contributed by atoms with Crippen LogP contribution in [-0.2, 0) is 4.74 Å². The predicted octanol–water partition coefficient (Wildman–Crippen LogP) is 1.52. The number of aliphatic imine (C=N–C) groups is 1. The molecular weight excluding hydrogens is 218 g/mol. The van der Waals surface area contributed by atoms with Gasteiger partial charge in [0.2, 0.25) is 0 Å². The van der Waals surface area contributed by atoms with Crippen molar-refractivity contribution in [1.82, 2.24) is 4.90 Å². The van der Waals surface area contributed by atoms with E-state index in [1.54, 1.807) is 7.11 Å². The molecule has 5 nitrogen and oxygen atoms in total. The van der Waals surface area contributed by atoms with Crippen molar-refractivity contribution in [3.8, 4) is 0 Å². The number of nitrogens with two attached hydrogens (primary N) is 1. The lowest BCUT2D eigenvalue weighted by atomic mass is 9.78. The molecule has 1 aliphatic carbocycles. The Morgan fingerprint density at radius 2 is 2.29 bits per heavy atom. The highest BCUT2D eigenvalue weighted by molar-refractivity contribution is 6.06. The van der Waals surface area contributed by atoms with Crippen molar-refractivity contribution in [2.45, 2.75) is 57.2 Å². The van der Waals surface area contributed by atoms with Gasteiger partial charge >= 0.3 is 6.03 Å². The molecule has 0 bridgehead atoms. The topological polar surface area (TPSA) is 67.9 Å². The SMILES string of the molecule is COC1CCCC2(C1)C(N)=NC(=O)N2C(C)C. The molecule has 0 radical (unpaired) electrons. The Bertz CT molecular complexity index is 354. The Hall–Kier alpha value is -1.10. The predicted molar refractivity (Wildman–Crippen MR) is 66.0 cm³/mol. The lowest BCUT2D eigenvalue weighted by Gasteiger charge is -2.45. The van der Waals surface area contributed by atoms with Crippen molar-refractivity contribution >= 4 is 11.9 Å². The normalized spacial score (nSPS) is 33.6. The Kier molecular flexibility index (Phi) is 3.12. The van der Waals surface area contributed by atoms with Gasteiger partial charge in [-0.25, -0.2) is 4.79 Å². The van der Waals surface area contributed by atoms with Gasteiger partial charge in [-0.2, -0.15) is 4.99 Å². The lowest BCUT2D eigenvalue weighted by Crippen LogP contribution is -2.59. The third kappa shape index (κ3) is 1.82. The minimum absolute atomic E-state index is 0.114. The number of urea groups is 1. The molecule has 0 saturated heterocycles. The van der Waals surface area contributed by atoms with E-state index in [0.29, 0.717) is 5.84 Å². The highest BCUT2D eigenvalue weighted by atomic mass is 16.5. The van der Waals surface area contributed by atoms with Crippen molar-refractivity contribution in [2.75, 3.05) is 7.11 Å². The molecule has 0 aromatic heterocycles. The highest BCUT2D eigenvalue weighted by Gasteiger charge is 2.51. The molecular formula is C12H21N3O2. The molecule has 1 aliphatic heterocycles. The monoisotopic (exact) mass is 239 g/mol. The molecule has 2 atom stereocenters. The maximum atomic E-state index is 11.9. The van der Waals surface area contributed by atoms with E-state index >= 15 is 0 Å². The van der Waals surface area contributed by atoms with Crippen LogP contribution in [0, 0.1) is 0 Å². The Morgan fingerprint density at radius 1 is 1.59 bits per heavy atom. The first-order valence-corrected chi connectivity index (χ1v) is 6.22. The number of amides is 2. The molecule has 1 heterocycles. The second-order valence-corrected chi connectivity index (χ2v) is 5.23. The van der Waals surface area contributed by atoms with Gasteiger partial charge in [0.15, 0.2) is 0 Å². The molecule has 1 fully saturated rings. The van der Waals surface area contributed by atoms with Crippen molar-refractivity contribution in [3.05, 3.63) is 0 Å². The van der Waals surface area contributed by atoms with E-state index in [9.17, 15) is 4.79 Å². The van der Waals surface area contributed by atoms with E-state index in [0.717, 1.165) is 25.7 Å². The van der Waals surface area contributed by atoms with Crippen LogP contribution < -0.4 is 5.73 Å². The van der Waals surface area contributed by atoms with E-state index in [1.165, 1.54) is 0 Å². The van der Waals surface area contributed by atoms with Gasteiger partial charge in [0, 0.05) is 19.6 Å². The molecule has 2 rings (SSSR count).